The van der Waals surface area contributed by atoms with Gasteiger partial charge in [0.2, 0.25) is 17.7 Å². The molecule has 0 aliphatic carbocycles. The van der Waals surface area contributed by atoms with Crippen LogP contribution in [0.4, 0.5) is 11.4 Å². The van der Waals surface area contributed by atoms with Gasteiger partial charge in [0, 0.05) is 18.3 Å². The minimum absolute atomic E-state index is 0.0597. The van der Waals surface area contributed by atoms with E-state index >= 15 is 0 Å². The lowest BCUT2D eigenvalue weighted by atomic mass is 10.2. The number of rotatable bonds is 5. The van der Waals surface area contributed by atoms with Crippen LogP contribution in [0.2, 0.25) is 5.02 Å². The third kappa shape index (κ3) is 4.74. The molecule has 3 rings (SSSR count). The van der Waals surface area contributed by atoms with Crippen LogP contribution in [0.15, 0.2) is 52.9 Å². The molecule has 1 aromatic heterocycles. The first-order chi connectivity index (χ1) is 12.9. The van der Waals surface area contributed by atoms with Gasteiger partial charge in [-0.25, -0.2) is 4.98 Å². The minimum atomic E-state index is -0.239. The smallest absolute Gasteiger partial charge is 0.230 e. The quantitative estimate of drug-likeness (QED) is 0.682. The van der Waals surface area contributed by atoms with Gasteiger partial charge in [-0.3, -0.25) is 9.59 Å². The van der Waals surface area contributed by atoms with Crippen LogP contribution in [-0.4, -0.2) is 16.8 Å². The van der Waals surface area contributed by atoms with E-state index in [2.05, 4.69) is 15.6 Å². The Morgan fingerprint density at radius 2 is 1.78 bits per heavy atom. The summed E-state index contributed by atoms with van der Waals surface area (Å²) in [6.07, 6.45) is 0.0597. The molecule has 0 saturated heterocycles. The summed E-state index contributed by atoms with van der Waals surface area (Å²) >= 11 is 6.18. The first-order valence-corrected chi connectivity index (χ1v) is 8.69. The topological polar surface area (TPSA) is 84.2 Å². The van der Waals surface area contributed by atoms with Gasteiger partial charge in [-0.1, -0.05) is 29.8 Å². The van der Waals surface area contributed by atoms with E-state index in [1.807, 2.05) is 18.2 Å². The number of anilines is 2. The van der Waals surface area contributed by atoms with Gasteiger partial charge in [0.25, 0.3) is 0 Å². The molecule has 0 aliphatic heterocycles. The molecule has 0 atom stereocenters. The summed E-state index contributed by atoms with van der Waals surface area (Å²) in [5.74, 6) is 0.529. The van der Waals surface area contributed by atoms with Crippen LogP contribution in [0.5, 0.6) is 0 Å². The Kier molecular flexibility index (Phi) is 5.57. The van der Waals surface area contributed by atoms with Crippen molar-refractivity contribution in [2.45, 2.75) is 20.3 Å². The van der Waals surface area contributed by atoms with E-state index in [9.17, 15) is 9.59 Å². The van der Waals surface area contributed by atoms with Crippen molar-refractivity contribution in [2.24, 2.45) is 0 Å². The number of halogens is 1. The Morgan fingerprint density at radius 1 is 1.07 bits per heavy atom. The van der Waals surface area contributed by atoms with E-state index in [1.54, 1.807) is 37.3 Å². The lowest BCUT2D eigenvalue weighted by molar-refractivity contribution is -0.116. The number of carbonyl (C=O) groups is 2. The van der Waals surface area contributed by atoms with E-state index in [0.717, 1.165) is 0 Å². The van der Waals surface area contributed by atoms with Gasteiger partial charge in [-0.05, 0) is 37.3 Å². The molecule has 0 radical (unpaired) electrons. The average Bonchev–Trinajstić information content (AvgIpc) is 2.95. The van der Waals surface area contributed by atoms with Crippen molar-refractivity contribution >= 4 is 34.8 Å². The second-order valence-corrected chi connectivity index (χ2v) is 6.40. The van der Waals surface area contributed by atoms with Crippen LogP contribution >= 0.6 is 11.6 Å². The van der Waals surface area contributed by atoms with Crippen LogP contribution in [0.3, 0.4) is 0 Å². The number of hydrogen-bond donors (Lipinski definition) is 2. The Labute approximate surface area is 161 Å². The Balaban J connectivity index is 1.72. The van der Waals surface area contributed by atoms with Crippen molar-refractivity contribution in [1.29, 1.82) is 0 Å². The van der Waals surface area contributed by atoms with Crippen LogP contribution in [0.1, 0.15) is 18.4 Å². The summed E-state index contributed by atoms with van der Waals surface area (Å²) in [5, 5.41) is 6.00. The molecule has 0 aliphatic rings. The van der Waals surface area contributed by atoms with Gasteiger partial charge >= 0.3 is 0 Å². The molecule has 0 saturated carbocycles. The van der Waals surface area contributed by atoms with Crippen LogP contribution in [-0.2, 0) is 16.0 Å². The summed E-state index contributed by atoms with van der Waals surface area (Å²) < 4.78 is 5.67. The maximum atomic E-state index is 12.4. The Bertz CT molecular complexity index is 998. The highest BCUT2D eigenvalue weighted by molar-refractivity contribution is 6.33. The first-order valence-electron chi connectivity index (χ1n) is 8.31. The predicted molar refractivity (Wildman–Crippen MR) is 105 cm³/mol. The molecule has 0 unspecified atom stereocenters. The number of carbonyl (C=O) groups excluding carboxylic acids is 2. The molecule has 7 heteroatoms. The maximum absolute atomic E-state index is 12.4. The third-order valence-electron chi connectivity index (χ3n) is 3.79. The van der Waals surface area contributed by atoms with Crippen LogP contribution in [0.25, 0.3) is 11.5 Å². The van der Waals surface area contributed by atoms with Crippen molar-refractivity contribution in [3.63, 3.8) is 0 Å². The molecular formula is C20H18ClN3O3. The molecule has 27 heavy (non-hydrogen) atoms. The van der Waals surface area contributed by atoms with E-state index in [1.165, 1.54) is 6.92 Å². The normalized spacial score (nSPS) is 10.5. The molecule has 0 fully saturated rings. The highest BCUT2D eigenvalue weighted by atomic mass is 35.5. The standard InChI is InChI=1S/C20H18ClN3O3/c1-12-18(24-20(27-12)16-8-3-4-9-17(16)21)11-19(26)23-15-7-5-6-14(10-15)22-13(2)25/h3-10H,11H2,1-2H3,(H,22,25)(H,23,26). The van der Waals surface area contributed by atoms with Gasteiger partial charge in [-0.15, -0.1) is 0 Å². The molecule has 1 heterocycles. The largest absolute Gasteiger partial charge is 0.441 e. The molecule has 2 amide bonds. The van der Waals surface area contributed by atoms with Gasteiger partial charge in [-0.2, -0.15) is 0 Å². The van der Waals surface area contributed by atoms with E-state index in [0.29, 0.717) is 39.3 Å². The van der Waals surface area contributed by atoms with Crippen molar-refractivity contribution in [2.75, 3.05) is 10.6 Å². The monoisotopic (exact) mass is 383 g/mol. The summed E-state index contributed by atoms with van der Waals surface area (Å²) in [6.45, 7) is 3.18. The molecule has 6 nitrogen and oxygen atoms in total. The second kappa shape index (κ2) is 8.05. The van der Waals surface area contributed by atoms with E-state index in [4.69, 9.17) is 16.0 Å². The van der Waals surface area contributed by atoms with Crippen molar-refractivity contribution < 1.29 is 14.0 Å². The fourth-order valence-electron chi connectivity index (χ4n) is 2.58. The molecule has 0 spiro atoms. The van der Waals surface area contributed by atoms with Gasteiger partial charge in [0.1, 0.15) is 5.76 Å². The fraction of sp³-hybridized carbons (Fsp3) is 0.150. The van der Waals surface area contributed by atoms with E-state index < -0.39 is 0 Å². The summed E-state index contributed by atoms with van der Waals surface area (Å²) in [4.78, 5) is 27.9. The SMILES string of the molecule is CC(=O)Nc1cccc(NC(=O)Cc2nc(-c3ccccc3Cl)oc2C)c1. The number of oxazole rings is 1. The minimum Gasteiger partial charge on any atom is -0.441 e. The summed E-state index contributed by atoms with van der Waals surface area (Å²) in [5.41, 5.74) is 2.41. The number of hydrogen-bond acceptors (Lipinski definition) is 4. The van der Waals surface area contributed by atoms with Crippen molar-refractivity contribution in [3.8, 4) is 11.5 Å². The maximum Gasteiger partial charge on any atom is 0.230 e. The fourth-order valence-corrected chi connectivity index (χ4v) is 2.79. The zero-order chi connectivity index (χ0) is 19.4. The van der Waals surface area contributed by atoms with Crippen LogP contribution in [0, 0.1) is 6.92 Å². The number of aryl methyl sites for hydroxylation is 1. The number of amides is 2. The van der Waals surface area contributed by atoms with Gasteiger partial charge in [0.15, 0.2) is 0 Å². The number of nitrogens with zero attached hydrogens (tertiary/aromatic N) is 1. The van der Waals surface area contributed by atoms with Crippen molar-refractivity contribution in [1.82, 2.24) is 4.98 Å². The highest BCUT2D eigenvalue weighted by Crippen LogP contribution is 2.28. The molecule has 2 aromatic carbocycles. The van der Waals surface area contributed by atoms with Gasteiger partial charge < -0.3 is 15.1 Å². The third-order valence-corrected chi connectivity index (χ3v) is 4.12. The molecule has 2 N–H and O–H groups in total. The molecule has 3 aromatic rings. The number of nitrogens with one attached hydrogen (secondary N) is 2. The van der Waals surface area contributed by atoms with E-state index in [-0.39, 0.29) is 18.2 Å². The Morgan fingerprint density at radius 3 is 2.48 bits per heavy atom. The van der Waals surface area contributed by atoms with Gasteiger partial charge in [0.05, 0.1) is 22.7 Å². The lowest BCUT2D eigenvalue weighted by Gasteiger charge is -2.07. The summed E-state index contributed by atoms with van der Waals surface area (Å²) in [6, 6.07) is 14.2. The van der Waals surface area contributed by atoms with Crippen LogP contribution < -0.4 is 10.6 Å². The highest BCUT2D eigenvalue weighted by Gasteiger charge is 2.16. The zero-order valence-corrected chi connectivity index (χ0v) is 15.6. The lowest BCUT2D eigenvalue weighted by Crippen LogP contribution is -2.15. The first kappa shape index (κ1) is 18.7. The molecule has 138 valence electrons. The molecular weight excluding hydrogens is 366 g/mol. The second-order valence-electron chi connectivity index (χ2n) is 5.99. The Hall–Kier alpha value is -3.12. The zero-order valence-electron chi connectivity index (χ0n) is 14.9. The number of benzene rings is 2. The summed E-state index contributed by atoms with van der Waals surface area (Å²) in [7, 11) is 0. The molecule has 0 bridgehead atoms. The number of aromatic nitrogens is 1. The average molecular weight is 384 g/mol. The van der Waals surface area contributed by atoms with Crippen molar-refractivity contribution in [3.05, 3.63) is 65.0 Å². The predicted octanol–water partition coefficient (Wildman–Crippen LogP) is 4.44.